The van der Waals surface area contributed by atoms with Crippen LogP contribution in [0.2, 0.25) is 0 Å². The standard InChI is InChI=1S/C22H16N4O8/c1-32-14-3-6-17(19(10-14)25(28)29)21-8-5-16(34-21)9-13(12-23)22(27)24-18-7-4-15(33-2)11-20(18)26(30)31/h3-11H,1-2H3,(H,24,27)/b13-9+. The van der Waals surface area contributed by atoms with Gasteiger partial charge in [-0.1, -0.05) is 0 Å². The van der Waals surface area contributed by atoms with Crippen molar-refractivity contribution < 1.29 is 28.5 Å². The summed E-state index contributed by atoms with van der Waals surface area (Å²) in [5.74, 6) is -0.209. The van der Waals surface area contributed by atoms with Crippen molar-refractivity contribution in [3.05, 3.63) is 80.1 Å². The molecule has 1 N–H and O–H groups in total. The molecule has 0 fully saturated rings. The van der Waals surface area contributed by atoms with Crippen LogP contribution >= 0.6 is 0 Å². The number of benzene rings is 2. The van der Waals surface area contributed by atoms with E-state index in [0.29, 0.717) is 0 Å². The number of ether oxygens (including phenoxy) is 2. The average Bonchev–Trinajstić information content (AvgIpc) is 3.30. The van der Waals surface area contributed by atoms with Gasteiger partial charge in [0, 0.05) is 6.08 Å². The number of nitrogens with one attached hydrogen (secondary N) is 1. The van der Waals surface area contributed by atoms with Crippen LogP contribution in [-0.4, -0.2) is 30.0 Å². The number of carbonyl (C=O) groups is 1. The molecule has 1 aromatic heterocycles. The molecule has 0 aliphatic rings. The third-order valence-electron chi connectivity index (χ3n) is 4.60. The Balaban J connectivity index is 1.90. The molecule has 0 unspecified atom stereocenters. The highest BCUT2D eigenvalue weighted by Gasteiger charge is 2.21. The summed E-state index contributed by atoms with van der Waals surface area (Å²) in [6, 6.07) is 12.6. The molecule has 172 valence electrons. The second-order valence-corrected chi connectivity index (χ2v) is 6.61. The number of amides is 1. The lowest BCUT2D eigenvalue weighted by Gasteiger charge is -2.07. The molecule has 0 aliphatic carbocycles. The normalized spacial score (nSPS) is 10.8. The minimum Gasteiger partial charge on any atom is -0.497 e. The maximum Gasteiger partial charge on any atom is 0.296 e. The van der Waals surface area contributed by atoms with Crippen molar-refractivity contribution in [2.45, 2.75) is 0 Å². The van der Waals surface area contributed by atoms with Crippen LogP contribution in [0.1, 0.15) is 5.76 Å². The van der Waals surface area contributed by atoms with Gasteiger partial charge in [-0.25, -0.2) is 0 Å². The van der Waals surface area contributed by atoms with Crippen LogP contribution in [0.25, 0.3) is 17.4 Å². The Labute approximate surface area is 191 Å². The number of nitro groups is 2. The lowest BCUT2D eigenvalue weighted by Crippen LogP contribution is -2.14. The first kappa shape index (κ1) is 23.5. The smallest absolute Gasteiger partial charge is 0.296 e. The highest BCUT2D eigenvalue weighted by atomic mass is 16.6. The summed E-state index contributed by atoms with van der Waals surface area (Å²) < 4.78 is 15.5. The second kappa shape index (κ2) is 9.96. The minimum absolute atomic E-state index is 0.0658. The van der Waals surface area contributed by atoms with Crippen molar-refractivity contribution in [3.63, 3.8) is 0 Å². The van der Waals surface area contributed by atoms with Crippen molar-refractivity contribution in [3.8, 4) is 28.9 Å². The first-order valence-electron chi connectivity index (χ1n) is 9.45. The lowest BCUT2D eigenvalue weighted by atomic mass is 10.1. The molecule has 2 aromatic carbocycles. The van der Waals surface area contributed by atoms with Gasteiger partial charge in [0.2, 0.25) is 0 Å². The average molecular weight is 464 g/mol. The van der Waals surface area contributed by atoms with Crippen LogP contribution in [-0.2, 0) is 4.79 Å². The molecule has 1 amide bonds. The fourth-order valence-corrected chi connectivity index (χ4v) is 2.95. The van der Waals surface area contributed by atoms with Gasteiger partial charge >= 0.3 is 0 Å². The summed E-state index contributed by atoms with van der Waals surface area (Å²) in [6.07, 6.45) is 1.11. The summed E-state index contributed by atoms with van der Waals surface area (Å²) in [7, 11) is 2.72. The van der Waals surface area contributed by atoms with Crippen molar-refractivity contribution in [2.24, 2.45) is 0 Å². The van der Waals surface area contributed by atoms with Crippen LogP contribution in [0.4, 0.5) is 17.1 Å². The molecule has 0 saturated carbocycles. The number of hydrogen-bond acceptors (Lipinski definition) is 9. The molecule has 3 rings (SSSR count). The van der Waals surface area contributed by atoms with Gasteiger partial charge in [-0.15, -0.1) is 0 Å². The molecule has 0 aliphatic heterocycles. The third-order valence-corrected chi connectivity index (χ3v) is 4.60. The van der Waals surface area contributed by atoms with E-state index in [9.17, 15) is 30.3 Å². The predicted octanol–water partition coefficient (Wildman–Crippen LogP) is 4.33. The first-order chi connectivity index (χ1) is 16.3. The number of anilines is 1. The number of methoxy groups -OCH3 is 2. The van der Waals surface area contributed by atoms with E-state index in [1.165, 1.54) is 56.7 Å². The number of carbonyl (C=O) groups excluding carboxylic acids is 1. The van der Waals surface area contributed by atoms with Gasteiger partial charge in [-0.05, 0) is 36.4 Å². The number of hydrogen-bond donors (Lipinski definition) is 1. The van der Waals surface area contributed by atoms with Gasteiger partial charge in [0.05, 0.1) is 41.8 Å². The van der Waals surface area contributed by atoms with Crippen molar-refractivity contribution >= 4 is 29.0 Å². The van der Waals surface area contributed by atoms with Crippen molar-refractivity contribution in [2.75, 3.05) is 19.5 Å². The Morgan fingerprint density at radius 3 is 2.21 bits per heavy atom. The van der Waals surface area contributed by atoms with Gasteiger partial charge in [0.1, 0.15) is 40.3 Å². The molecule has 12 nitrogen and oxygen atoms in total. The summed E-state index contributed by atoms with van der Waals surface area (Å²) in [4.78, 5) is 34.0. The highest BCUT2D eigenvalue weighted by molar-refractivity contribution is 6.10. The number of nitriles is 1. The molecule has 1 heterocycles. The summed E-state index contributed by atoms with van der Waals surface area (Å²) in [5.41, 5.74) is -1.05. The minimum atomic E-state index is -0.913. The largest absolute Gasteiger partial charge is 0.497 e. The quantitative estimate of drug-likeness (QED) is 0.220. The van der Waals surface area contributed by atoms with Gasteiger partial charge in [-0.2, -0.15) is 5.26 Å². The number of rotatable bonds is 8. The first-order valence-corrected chi connectivity index (χ1v) is 9.45. The Hall–Kier alpha value is -5.18. The van der Waals surface area contributed by atoms with Crippen LogP contribution in [0.3, 0.4) is 0 Å². The fourth-order valence-electron chi connectivity index (χ4n) is 2.95. The van der Waals surface area contributed by atoms with Crippen LogP contribution in [0.5, 0.6) is 11.5 Å². The molecule has 0 saturated heterocycles. The molecular formula is C22H16N4O8. The Kier molecular flexibility index (Phi) is 6.88. The molecular weight excluding hydrogens is 448 g/mol. The van der Waals surface area contributed by atoms with E-state index >= 15 is 0 Å². The Morgan fingerprint density at radius 2 is 1.62 bits per heavy atom. The monoisotopic (exact) mass is 464 g/mol. The number of nitro benzene ring substituents is 2. The maximum atomic E-state index is 12.6. The molecule has 0 radical (unpaired) electrons. The van der Waals surface area contributed by atoms with Crippen molar-refractivity contribution in [1.82, 2.24) is 0 Å². The summed E-state index contributed by atoms with van der Waals surface area (Å²) >= 11 is 0. The zero-order valence-corrected chi connectivity index (χ0v) is 17.8. The van der Waals surface area contributed by atoms with E-state index in [1.807, 2.05) is 0 Å². The van der Waals surface area contributed by atoms with E-state index in [1.54, 1.807) is 6.07 Å². The zero-order valence-electron chi connectivity index (χ0n) is 17.8. The number of nitrogens with zero attached hydrogens (tertiary/aromatic N) is 3. The van der Waals surface area contributed by atoms with E-state index in [2.05, 4.69) is 5.32 Å². The SMILES string of the molecule is COc1ccc(NC(=O)/C(C#N)=C/c2ccc(-c3ccc(OC)cc3[N+](=O)[O-])o2)c([N+](=O)[O-])c1. The van der Waals surface area contributed by atoms with E-state index in [-0.39, 0.29) is 40.0 Å². The molecule has 0 spiro atoms. The lowest BCUT2D eigenvalue weighted by molar-refractivity contribution is -0.384. The highest BCUT2D eigenvalue weighted by Crippen LogP contribution is 2.34. The van der Waals surface area contributed by atoms with E-state index < -0.39 is 27.0 Å². The van der Waals surface area contributed by atoms with Crippen LogP contribution < -0.4 is 14.8 Å². The van der Waals surface area contributed by atoms with Crippen LogP contribution in [0.15, 0.2) is 58.5 Å². The molecule has 12 heteroatoms. The van der Waals surface area contributed by atoms with E-state index in [4.69, 9.17) is 13.9 Å². The maximum absolute atomic E-state index is 12.6. The van der Waals surface area contributed by atoms with Crippen LogP contribution in [0, 0.1) is 31.6 Å². The van der Waals surface area contributed by atoms with Crippen molar-refractivity contribution in [1.29, 1.82) is 5.26 Å². The molecule has 34 heavy (non-hydrogen) atoms. The second-order valence-electron chi connectivity index (χ2n) is 6.61. The molecule has 3 aromatic rings. The molecule has 0 atom stereocenters. The Bertz CT molecular complexity index is 1350. The Morgan fingerprint density at radius 1 is 1.00 bits per heavy atom. The van der Waals surface area contributed by atoms with Gasteiger partial charge < -0.3 is 19.2 Å². The summed E-state index contributed by atoms with van der Waals surface area (Å²) in [5, 5.41) is 34.5. The fraction of sp³-hybridized carbons (Fsp3) is 0.0909. The van der Waals surface area contributed by atoms with E-state index in [0.717, 1.165) is 12.1 Å². The topological polar surface area (TPSA) is 171 Å². The van der Waals surface area contributed by atoms with Gasteiger partial charge in [0.15, 0.2) is 0 Å². The van der Waals surface area contributed by atoms with Gasteiger partial charge in [-0.3, -0.25) is 25.0 Å². The third kappa shape index (κ3) is 5.00. The summed E-state index contributed by atoms with van der Waals surface area (Å²) in [6.45, 7) is 0. The predicted molar refractivity (Wildman–Crippen MR) is 119 cm³/mol. The number of furan rings is 1. The zero-order chi connectivity index (χ0) is 24.8. The molecule has 0 bridgehead atoms. The van der Waals surface area contributed by atoms with Gasteiger partial charge in [0.25, 0.3) is 17.3 Å².